The molecule has 0 aromatic carbocycles. The van der Waals surface area contributed by atoms with E-state index in [0.29, 0.717) is 11.7 Å². The fraction of sp³-hybridized carbons (Fsp3) is 0.353. The van der Waals surface area contributed by atoms with Crippen molar-refractivity contribution >= 4 is 11.5 Å². The molecule has 0 radical (unpaired) electrons. The quantitative estimate of drug-likeness (QED) is 0.702. The van der Waals surface area contributed by atoms with Gasteiger partial charge in [0, 0.05) is 12.6 Å². The van der Waals surface area contributed by atoms with Gasteiger partial charge in [0.15, 0.2) is 11.4 Å². The molecule has 0 saturated carbocycles. The van der Waals surface area contributed by atoms with Gasteiger partial charge in [0.25, 0.3) is 6.43 Å². The minimum atomic E-state index is -2.53. The topological polar surface area (TPSA) is 76.4 Å². The smallest absolute Gasteiger partial charge is 0.272 e. The molecule has 3 aromatic rings. The third-order valence-electron chi connectivity index (χ3n) is 4.15. The van der Waals surface area contributed by atoms with Crippen LogP contribution in [-0.4, -0.2) is 51.7 Å². The van der Waals surface area contributed by atoms with Gasteiger partial charge in [-0.2, -0.15) is 5.10 Å². The van der Waals surface area contributed by atoms with E-state index >= 15 is 0 Å². The van der Waals surface area contributed by atoms with Gasteiger partial charge in [-0.25, -0.2) is 23.3 Å². The van der Waals surface area contributed by atoms with Crippen molar-refractivity contribution in [3.8, 4) is 17.0 Å². The van der Waals surface area contributed by atoms with E-state index in [2.05, 4.69) is 25.7 Å². The van der Waals surface area contributed by atoms with E-state index in [1.165, 1.54) is 16.9 Å². The van der Waals surface area contributed by atoms with Gasteiger partial charge in [0.05, 0.1) is 29.8 Å². The Morgan fingerprint density at radius 2 is 2.27 bits per heavy atom. The number of alkyl halides is 2. The number of hydrogen-bond acceptors (Lipinski definition) is 6. The summed E-state index contributed by atoms with van der Waals surface area (Å²) < 4.78 is 31.0. The zero-order chi connectivity index (χ0) is 17.9. The number of pyridine rings is 1. The van der Waals surface area contributed by atoms with Crippen molar-refractivity contribution in [1.82, 2.24) is 24.9 Å². The van der Waals surface area contributed by atoms with Crippen LogP contribution in [0.5, 0.6) is 5.75 Å². The van der Waals surface area contributed by atoms with E-state index in [-0.39, 0.29) is 5.75 Å². The second-order valence-electron chi connectivity index (χ2n) is 6.06. The summed E-state index contributed by atoms with van der Waals surface area (Å²) in [6.07, 6.45) is 3.12. The Morgan fingerprint density at radius 3 is 3.08 bits per heavy atom. The Bertz CT molecular complexity index is 894. The average Bonchev–Trinajstić information content (AvgIpc) is 3.29. The van der Waals surface area contributed by atoms with Crippen molar-refractivity contribution in [1.29, 1.82) is 0 Å². The first-order valence-corrected chi connectivity index (χ1v) is 8.38. The summed E-state index contributed by atoms with van der Waals surface area (Å²) in [6, 6.07) is 6.11. The molecule has 1 saturated heterocycles. The molecule has 4 heterocycles. The molecule has 1 aliphatic heterocycles. The maximum Gasteiger partial charge on any atom is 0.272 e. The molecule has 0 aliphatic carbocycles. The summed E-state index contributed by atoms with van der Waals surface area (Å²) in [4.78, 5) is 8.94. The molecule has 1 aliphatic rings. The number of aromatic nitrogens is 4. The second-order valence-corrected chi connectivity index (χ2v) is 6.06. The van der Waals surface area contributed by atoms with E-state index in [1.54, 1.807) is 6.20 Å². The fourth-order valence-electron chi connectivity index (χ4n) is 2.92. The molecular weight excluding hydrogens is 342 g/mol. The minimum absolute atomic E-state index is 0.240. The molecule has 9 heteroatoms. The van der Waals surface area contributed by atoms with Crippen molar-refractivity contribution in [2.75, 3.05) is 25.0 Å². The lowest BCUT2D eigenvalue weighted by molar-refractivity contribution is 0.0814. The molecule has 26 heavy (non-hydrogen) atoms. The van der Waals surface area contributed by atoms with Gasteiger partial charge < -0.3 is 15.4 Å². The predicted octanol–water partition coefficient (Wildman–Crippen LogP) is 2.21. The molecular formula is C17H18F2N6O. The van der Waals surface area contributed by atoms with Crippen LogP contribution in [0.4, 0.5) is 14.6 Å². The van der Waals surface area contributed by atoms with Crippen LogP contribution in [0.3, 0.4) is 0 Å². The third-order valence-corrected chi connectivity index (χ3v) is 4.15. The number of anilines is 1. The number of rotatable bonds is 6. The molecule has 3 aromatic heterocycles. The number of halogens is 2. The van der Waals surface area contributed by atoms with Crippen molar-refractivity contribution in [2.24, 2.45) is 0 Å². The highest BCUT2D eigenvalue weighted by molar-refractivity contribution is 5.75. The van der Waals surface area contributed by atoms with Gasteiger partial charge >= 0.3 is 0 Å². The van der Waals surface area contributed by atoms with Crippen LogP contribution < -0.4 is 15.4 Å². The molecule has 0 amide bonds. The molecule has 0 bridgehead atoms. The molecule has 7 nitrogen and oxygen atoms in total. The minimum Gasteiger partial charge on any atom is -0.484 e. The first-order chi connectivity index (χ1) is 12.7. The monoisotopic (exact) mass is 360 g/mol. The highest BCUT2D eigenvalue weighted by atomic mass is 19.3. The van der Waals surface area contributed by atoms with Crippen LogP contribution in [0.25, 0.3) is 16.9 Å². The summed E-state index contributed by atoms with van der Waals surface area (Å²) in [5.74, 6) is 1.04. The Labute approximate surface area is 148 Å². The lowest BCUT2D eigenvalue weighted by Crippen LogP contribution is -2.22. The number of nitrogens with one attached hydrogen (secondary N) is 2. The van der Waals surface area contributed by atoms with Crippen LogP contribution in [0.15, 0.2) is 36.8 Å². The molecule has 1 fully saturated rings. The van der Waals surface area contributed by atoms with Crippen molar-refractivity contribution in [3.63, 3.8) is 0 Å². The van der Waals surface area contributed by atoms with Gasteiger partial charge in [-0.05, 0) is 25.1 Å². The molecule has 4 rings (SSSR count). The third kappa shape index (κ3) is 3.57. The SMILES string of the molecule is FC(F)COc1cnc2c(-c3cccc(NC4CCNC4)n3)cnn2c1. The molecule has 1 unspecified atom stereocenters. The summed E-state index contributed by atoms with van der Waals surface area (Å²) in [6.45, 7) is 1.25. The standard InChI is InChI=1S/C17H18F2N6O/c18-15(19)10-26-12-7-21-17-13(8-22-25(17)9-12)14-2-1-3-16(24-14)23-11-4-5-20-6-11/h1-3,7-9,11,15,20H,4-6,10H2,(H,23,24). The van der Waals surface area contributed by atoms with Crippen LogP contribution in [-0.2, 0) is 0 Å². The van der Waals surface area contributed by atoms with Crippen molar-refractivity contribution < 1.29 is 13.5 Å². The normalized spacial score (nSPS) is 17.1. The van der Waals surface area contributed by atoms with Crippen LogP contribution >= 0.6 is 0 Å². The molecule has 1 atom stereocenters. The Kier molecular flexibility index (Phi) is 4.61. The van der Waals surface area contributed by atoms with E-state index in [1.807, 2.05) is 18.2 Å². The number of nitrogens with zero attached hydrogens (tertiary/aromatic N) is 4. The number of fused-ring (bicyclic) bond motifs is 1. The van der Waals surface area contributed by atoms with Gasteiger partial charge in [-0.3, -0.25) is 0 Å². The van der Waals surface area contributed by atoms with Gasteiger partial charge in [-0.15, -0.1) is 0 Å². The van der Waals surface area contributed by atoms with Gasteiger partial charge in [-0.1, -0.05) is 6.07 Å². The predicted molar refractivity (Wildman–Crippen MR) is 92.6 cm³/mol. The van der Waals surface area contributed by atoms with E-state index in [9.17, 15) is 8.78 Å². The highest BCUT2D eigenvalue weighted by Crippen LogP contribution is 2.24. The lowest BCUT2D eigenvalue weighted by Gasteiger charge is -2.12. The lowest BCUT2D eigenvalue weighted by atomic mass is 10.2. The molecule has 2 N–H and O–H groups in total. The first kappa shape index (κ1) is 16.6. The van der Waals surface area contributed by atoms with Crippen molar-refractivity contribution in [3.05, 3.63) is 36.8 Å². The maximum absolute atomic E-state index is 12.3. The molecule has 136 valence electrons. The summed E-state index contributed by atoms with van der Waals surface area (Å²) >= 11 is 0. The zero-order valence-corrected chi connectivity index (χ0v) is 13.9. The van der Waals surface area contributed by atoms with E-state index in [0.717, 1.165) is 36.6 Å². The Morgan fingerprint density at radius 1 is 1.35 bits per heavy atom. The average molecular weight is 360 g/mol. The fourth-order valence-corrected chi connectivity index (χ4v) is 2.92. The van der Waals surface area contributed by atoms with Crippen LogP contribution in [0.2, 0.25) is 0 Å². The highest BCUT2D eigenvalue weighted by Gasteiger charge is 2.16. The maximum atomic E-state index is 12.3. The van der Waals surface area contributed by atoms with E-state index in [4.69, 9.17) is 4.74 Å². The van der Waals surface area contributed by atoms with E-state index < -0.39 is 13.0 Å². The zero-order valence-electron chi connectivity index (χ0n) is 13.9. The first-order valence-electron chi connectivity index (χ1n) is 8.38. The van der Waals surface area contributed by atoms with Gasteiger partial charge in [0.2, 0.25) is 0 Å². The Hall–Kier alpha value is -2.81. The van der Waals surface area contributed by atoms with Gasteiger partial charge in [0.1, 0.15) is 12.4 Å². The van der Waals surface area contributed by atoms with Crippen LogP contribution in [0, 0.1) is 0 Å². The van der Waals surface area contributed by atoms with Crippen molar-refractivity contribution in [2.45, 2.75) is 18.9 Å². The molecule has 0 spiro atoms. The number of ether oxygens (including phenoxy) is 1. The number of hydrogen-bond donors (Lipinski definition) is 2. The van der Waals surface area contributed by atoms with Crippen LogP contribution in [0.1, 0.15) is 6.42 Å². The largest absolute Gasteiger partial charge is 0.484 e. The Balaban J connectivity index is 1.58. The summed E-state index contributed by atoms with van der Waals surface area (Å²) in [7, 11) is 0. The summed E-state index contributed by atoms with van der Waals surface area (Å²) in [5.41, 5.74) is 2.09. The second kappa shape index (κ2) is 7.20. The summed E-state index contributed by atoms with van der Waals surface area (Å²) in [5, 5.41) is 11.0.